The lowest BCUT2D eigenvalue weighted by atomic mass is 10.0. The van der Waals surface area contributed by atoms with E-state index in [1.165, 1.54) is 13.4 Å². The first-order valence-electron chi connectivity index (χ1n) is 11.8. The highest BCUT2D eigenvalue weighted by Crippen LogP contribution is 2.20. The minimum absolute atomic E-state index is 0.0758. The van der Waals surface area contributed by atoms with E-state index in [2.05, 4.69) is 38.8 Å². The van der Waals surface area contributed by atoms with Crippen LogP contribution >= 0.6 is 11.8 Å². The summed E-state index contributed by atoms with van der Waals surface area (Å²) in [5.41, 5.74) is 1.81. The molecule has 1 atom stereocenters. The fourth-order valence-corrected chi connectivity index (χ4v) is 4.40. The Kier molecular flexibility index (Phi) is 10.8. The van der Waals surface area contributed by atoms with Crippen LogP contribution in [0.15, 0.2) is 55.0 Å². The van der Waals surface area contributed by atoms with Gasteiger partial charge in [-0.2, -0.15) is 11.8 Å². The van der Waals surface area contributed by atoms with E-state index in [0.717, 1.165) is 27.8 Å². The van der Waals surface area contributed by atoms with Crippen molar-refractivity contribution in [2.45, 2.75) is 25.4 Å². The van der Waals surface area contributed by atoms with Gasteiger partial charge in [-0.3, -0.25) is 14.5 Å². The van der Waals surface area contributed by atoms with Crippen molar-refractivity contribution >= 4 is 40.3 Å². The van der Waals surface area contributed by atoms with Crippen molar-refractivity contribution in [3.8, 4) is 0 Å². The average Bonchev–Trinajstić information content (AvgIpc) is 3.39. The molecule has 10 heteroatoms. The highest BCUT2D eigenvalue weighted by atomic mass is 32.2. The van der Waals surface area contributed by atoms with Crippen LogP contribution in [0.2, 0.25) is 0 Å². The van der Waals surface area contributed by atoms with E-state index in [1.54, 1.807) is 18.0 Å². The van der Waals surface area contributed by atoms with Gasteiger partial charge in [-0.1, -0.05) is 42.5 Å². The predicted molar refractivity (Wildman–Crippen MR) is 141 cm³/mol. The van der Waals surface area contributed by atoms with E-state index in [-0.39, 0.29) is 24.8 Å². The molecular formula is C26H33N5O4S. The number of fused-ring (bicyclic) bond motifs is 1. The molecule has 0 bridgehead atoms. The lowest BCUT2D eigenvalue weighted by Gasteiger charge is -2.24. The van der Waals surface area contributed by atoms with Gasteiger partial charge in [0.1, 0.15) is 6.04 Å². The minimum Gasteiger partial charge on any atom is -0.467 e. The van der Waals surface area contributed by atoms with Crippen molar-refractivity contribution in [2.75, 3.05) is 38.8 Å². The Morgan fingerprint density at radius 2 is 1.94 bits per heavy atom. The molecule has 0 saturated carbocycles. The maximum Gasteiger partial charge on any atom is 0.328 e. The normalized spacial score (nSPS) is 11.9. The summed E-state index contributed by atoms with van der Waals surface area (Å²) in [5.74, 6) is -0.126. The zero-order valence-electron chi connectivity index (χ0n) is 20.7. The quantitative estimate of drug-likeness (QED) is 0.284. The fraction of sp³-hybridized carbons (Fsp3) is 0.385. The number of nitrogens with one attached hydrogen (secondary N) is 3. The van der Waals surface area contributed by atoms with Crippen LogP contribution in [-0.4, -0.2) is 77.4 Å². The van der Waals surface area contributed by atoms with Gasteiger partial charge < -0.3 is 20.4 Å². The Morgan fingerprint density at radius 1 is 1.14 bits per heavy atom. The molecule has 0 aliphatic heterocycles. The molecule has 0 aliphatic carbocycles. The van der Waals surface area contributed by atoms with Crippen molar-refractivity contribution in [3.05, 3.63) is 66.2 Å². The number of H-pyrrole nitrogens is 1. The van der Waals surface area contributed by atoms with Gasteiger partial charge >= 0.3 is 5.97 Å². The summed E-state index contributed by atoms with van der Waals surface area (Å²) in [6.45, 7) is 1.42. The predicted octanol–water partition coefficient (Wildman–Crippen LogP) is 2.13. The van der Waals surface area contributed by atoms with Crippen LogP contribution in [0.25, 0.3) is 10.8 Å². The molecule has 0 spiro atoms. The maximum absolute atomic E-state index is 12.9. The standard InChI is InChI=1S/C26H33N5O4S/c1-35-26(34)23(10-13-36-2)30-25(33)17-31(12-11-28-24(32)14-21-15-27-18-29-21)16-20-8-5-7-19-6-3-4-9-22(19)20/h3-9,15,18,23H,10-14,16-17H2,1-2H3,(H,27,29)(H,28,32)(H,30,33)/t23-/m0/s1. The number of amides is 2. The van der Waals surface area contributed by atoms with Crippen LogP contribution in [0.1, 0.15) is 17.7 Å². The second kappa shape index (κ2) is 14.3. The number of methoxy groups -OCH3 is 1. The van der Waals surface area contributed by atoms with E-state index in [4.69, 9.17) is 4.74 Å². The number of ether oxygens (including phenoxy) is 1. The lowest BCUT2D eigenvalue weighted by molar-refractivity contribution is -0.145. The number of hydrogen-bond acceptors (Lipinski definition) is 7. The zero-order valence-corrected chi connectivity index (χ0v) is 21.5. The van der Waals surface area contributed by atoms with Crippen LogP contribution in [0.3, 0.4) is 0 Å². The molecule has 192 valence electrons. The van der Waals surface area contributed by atoms with Crippen molar-refractivity contribution < 1.29 is 19.1 Å². The number of carbonyl (C=O) groups is 3. The maximum atomic E-state index is 12.9. The number of esters is 1. The smallest absolute Gasteiger partial charge is 0.328 e. The number of imidazole rings is 1. The van der Waals surface area contributed by atoms with Gasteiger partial charge in [0.25, 0.3) is 0 Å². The van der Waals surface area contributed by atoms with Crippen molar-refractivity contribution in [3.63, 3.8) is 0 Å². The Balaban J connectivity index is 1.67. The average molecular weight is 512 g/mol. The molecule has 9 nitrogen and oxygen atoms in total. The van der Waals surface area contributed by atoms with Crippen molar-refractivity contribution in [1.82, 2.24) is 25.5 Å². The first kappa shape index (κ1) is 27.2. The van der Waals surface area contributed by atoms with E-state index < -0.39 is 12.0 Å². The summed E-state index contributed by atoms with van der Waals surface area (Å²) in [4.78, 5) is 46.2. The molecule has 3 aromatic rings. The third-order valence-electron chi connectivity index (χ3n) is 5.73. The zero-order chi connectivity index (χ0) is 25.8. The van der Waals surface area contributed by atoms with Crippen LogP contribution in [0.5, 0.6) is 0 Å². The van der Waals surface area contributed by atoms with Crippen molar-refractivity contribution in [1.29, 1.82) is 0 Å². The summed E-state index contributed by atoms with van der Waals surface area (Å²) in [6, 6.07) is 13.5. The molecule has 0 fully saturated rings. The molecule has 36 heavy (non-hydrogen) atoms. The molecule has 0 aliphatic rings. The van der Waals surface area contributed by atoms with Crippen LogP contribution in [0, 0.1) is 0 Å². The largest absolute Gasteiger partial charge is 0.467 e. The van der Waals surface area contributed by atoms with Gasteiger partial charge in [0.05, 0.1) is 26.4 Å². The SMILES string of the molecule is COC(=O)[C@H](CCSC)NC(=O)CN(CCNC(=O)Cc1cnc[nH]1)Cc1cccc2ccccc12. The van der Waals surface area contributed by atoms with E-state index in [9.17, 15) is 14.4 Å². The summed E-state index contributed by atoms with van der Waals surface area (Å²) >= 11 is 1.60. The molecule has 0 unspecified atom stereocenters. The van der Waals surface area contributed by atoms with Gasteiger partial charge in [0, 0.05) is 31.5 Å². The number of benzene rings is 2. The molecule has 1 heterocycles. The van der Waals surface area contributed by atoms with Gasteiger partial charge in [-0.15, -0.1) is 0 Å². The second-order valence-corrected chi connectivity index (χ2v) is 9.36. The lowest BCUT2D eigenvalue weighted by Crippen LogP contribution is -2.47. The Morgan fingerprint density at radius 3 is 2.69 bits per heavy atom. The topological polar surface area (TPSA) is 116 Å². The fourth-order valence-electron chi connectivity index (χ4n) is 3.93. The van der Waals surface area contributed by atoms with Crippen LogP contribution < -0.4 is 10.6 Å². The Bertz CT molecular complexity index is 1130. The highest BCUT2D eigenvalue weighted by Gasteiger charge is 2.22. The van der Waals surface area contributed by atoms with Gasteiger partial charge in [0.15, 0.2) is 0 Å². The second-order valence-electron chi connectivity index (χ2n) is 8.38. The number of rotatable bonds is 14. The minimum atomic E-state index is -0.691. The summed E-state index contributed by atoms with van der Waals surface area (Å²) in [5, 5.41) is 7.96. The van der Waals surface area contributed by atoms with Crippen molar-refractivity contribution in [2.24, 2.45) is 0 Å². The number of nitrogens with zero attached hydrogens (tertiary/aromatic N) is 2. The molecule has 3 N–H and O–H groups in total. The molecule has 0 saturated heterocycles. The summed E-state index contributed by atoms with van der Waals surface area (Å²) in [6.07, 6.45) is 5.80. The first-order chi connectivity index (χ1) is 17.5. The number of aromatic nitrogens is 2. The highest BCUT2D eigenvalue weighted by molar-refractivity contribution is 7.98. The van der Waals surface area contributed by atoms with E-state index in [0.29, 0.717) is 26.1 Å². The number of thioether (sulfide) groups is 1. The van der Waals surface area contributed by atoms with Crippen LogP contribution in [0.4, 0.5) is 0 Å². The third-order valence-corrected chi connectivity index (χ3v) is 6.37. The molecule has 2 amide bonds. The molecule has 3 rings (SSSR count). The molecule has 1 aromatic heterocycles. The van der Waals surface area contributed by atoms with Crippen LogP contribution in [-0.2, 0) is 32.1 Å². The number of hydrogen-bond donors (Lipinski definition) is 3. The Hall–Kier alpha value is -3.37. The summed E-state index contributed by atoms with van der Waals surface area (Å²) in [7, 11) is 1.32. The Labute approximate surface area is 215 Å². The number of carbonyl (C=O) groups excluding carboxylic acids is 3. The monoisotopic (exact) mass is 511 g/mol. The summed E-state index contributed by atoms with van der Waals surface area (Å²) < 4.78 is 4.86. The van der Waals surface area contributed by atoms with E-state index in [1.807, 2.05) is 35.4 Å². The number of aromatic amines is 1. The van der Waals surface area contributed by atoms with Gasteiger partial charge in [-0.05, 0) is 34.8 Å². The molecular weight excluding hydrogens is 478 g/mol. The van der Waals surface area contributed by atoms with E-state index >= 15 is 0 Å². The molecule has 0 radical (unpaired) electrons. The third kappa shape index (κ3) is 8.39. The molecule has 2 aromatic carbocycles. The van der Waals surface area contributed by atoms with Gasteiger partial charge in [-0.25, -0.2) is 9.78 Å². The van der Waals surface area contributed by atoms with Gasteiger partial charge in [0.2, 0.25) is 11.8 Å². The first-order valence-corrected chi connectivity index (χ1v) is 13.2.